The van der Waals surface area contributed by atoms with Gasteiger partial charge in [0.15, 0.2) is 5.82 Å². The molecular formula is C15H14N6OS. The molecule has 4 rings (SSSR count). The van der Waals surface area contributed by atoms with Gasteiger partial charge in [0.05, 0.1) is 18.4 Å². The number of amides is 1. The van der Waals surface area contributed by atoms with E-state index >= 15 is 0 Å². The third-order valence-electron chi connectivity index (χ3n) is 3.83. The highest BCUT2D eigenvalue weighted by atomic mass is 32.1. The second-order valence-electron chi connectivity index (χ2n) is 5.29. The molecule has 0 spiro atoms. The largest absolute Gasteiger partial charge is 0.329 e. The van der Waals surface area contributed by atoms with Crippen molar-refractivity contribution >= 4 is 17.2 Å². The maximum Gasteiger partial charge on any atom is 0.266 e. The summed E-state index contributed by atoms with van der Waals surface area (Å²) >= 11 is 1.37. The van der Waals surface area contributed by atoms with Crippen molar-refractivity contribution in [2.24, 2.45) is 0 Å². The summed E-state index contributed by atoms with van der Waals surface area (Å²) in [5.41, 5.74) is 0.783. The average molecular weight is 326 g/mol. The minimum absolute atomic E-state index is 0.0171. The fraction of sp³-hybridized carbons (Fsp3) is 0.267. The Kier molecular flexibility index (Phi) is 3.38. The van der Waals surface area contributed by atoms with E-state index < -0.39 is 0 Å². The number of aryl methyl sites for hydroxylation is 1. The van der Waals surface area contributed by atoms with Crippen LogP contribution in [-0.4, -0.2) is 42.1 Å². The van der Waals surface area contributed by atoms with Gasteiger partial charge in [-0.2, -0.15) is 0 Å². The molecule has 0 aromatic carbocycles. The molecule has 8 heteroatoms. The molecule has 7 nitrogen and oxygen atoms in total. The van der Waals surface area contributed by atoms with E-state index in [1.165, 1.54) is 11.3 Å². The molecule has 0 atom stereocenters. The van der Waals surface area contributed by atoms with Gasteiger partial charge >= 0.3 is 0 Å². The van der Waals surface area contributed by atoms with Crippen LogP contribution in [0, 0.1) is 6.92 Å². The first-order valence-corrected chi connectivity index (χ1v) is 8.09. The highest BCUT2D eigenvalue weighted by Crippen LogP contribution is 2.25. The summed E-state index contributed by atoms with van der Waals surface area (Å²) in [5.74, 6) is 1.70. The van der Waals surface area contributed by atoms with Crippen LogP contribution in [-0.2, 0) is 13.1 Å². The van der Waals surface area contributed by atoms with Gasteiger partial charge < -0.3 is 9.47 Å². The van der Waals surface area contributed by atoms with Crippen LogP contribution in [0.1, 0.15) is 21.3 Å². The Hall–Kier alpha value is -2.61. The summed E-state index contributed by atoms with van der Waals surface area (Å²) < 4.78 is 2.05. The van der Waals surface area contributed by atoms with Crippen LogP contribution >= 0.6 is 11.3 Å². The quantitative estimate of drug-likeness (QED) is 0.717. The number of rotatable bonds is 2. The maximum absolute atomic E-state index is 12.7. The molecular weight excluding hydrogens is 312 g/mol. The van der Waals surface area contributed by atoms with E-state index in [1.54, 1.807) is 17.3 Å². The van der Waals surface area contributed by atoms with Crippen molar-refractivity contribution in [2.75, 3.05) is 6.54 Å². The topological polar surface area (TPSA) is 76.8 Å². The highest BCUT2D eigenvalue weighted by Gasteiger charge is 2.25. The lowest BCUT2D eigenvalue weighted by Crippen LogP contribution is -2.38. The van der Waals surface area contributed by atoms with Gasteiger partial charge in [-0.3, -0.25) is 9.78 Å². The summed E-state index contributed by atoms with van der Waals surface area (Å²) in [6.07, 6.45) is 3.35. The molecule has 0 bridgehead atoms. The number of aromatic nitrogens is 5. The molecule has 0 saturated carbocycles. The zero-order valence-corrected chi connectivity index (χ0v) is 13.3. The van der Waals surface area contributed by atoms with Crippen molar-refractivity contribution in [3.8, 4) is 10.7 Å². The van der Waals surface area contributed by atoms with Gasteiger partial charge in [-0.1, -0.05) is 6.07 Å². The molecule has 0 N–H and O–H groups in total. The van der Waals surface area contributed by atoms with Crippen LogP contribution in [0.25, 0.3) is 10.7 Å². The predicted molar refractivity (Wildman–Crippen MR) is 84.8 cm³/mol. The van der Waals surface area contributed by atoms with Gasteiger partial charge in [-0.05, 0) is 19.1 Å². The second kappa shape index (κ2) is 5.54. The van der Waals surface area contributed by atoms with Crippen molar-refractivity contribution < 1.29 is 4.79 Å². The molecule has 116 valence electrons. The van der Waals surface area contributed by atoms with Crippen LogP contribution in [0.4, 0.5) is 0 Å². The number of nitrogens with zero attached hydrogens (tertiary/aromatic N) is 6. The third kappa shape index (κ3) is 2.50. The summed E-state index contributed by atoms with van der Waals surface area (Å²) in [5, 5.41) is 8.95. The zero-order valence-electron chi connectivity index (χ0n) is 12.5. The van der Waals surface area contributed by atoms with E-state index in [0.717, 1.165) is 28.9 Å². The van der Waals surface area contributed by atoms with Crippen LogP contribution in [0.15, 0.2) is 30.6 Å². The number of carbonyl (C=O) groups is 1. The molecule has 23 heavy (non-hydrogen) atoms. The molecule has 1 amide bonds. The first kappa shape index (κ1) is 14.0. The number of fused-ring (bicyclic) bond motifs is 1. The van der Waals surface area contributed by atoms with Gasteiger partial charge in [0, 0.05) is 19.3 Å². The van der Waals surface area contributed by atoms with E-state index in [1.807, 2.05) is 25.1 Å². The van der Waals surface area contributed by atoms with Gasteiger partial charge in [0.25, 0.3) is 5.91 Å². The Labute approximate surface area is 136 Å². The summed E-state index contributed by atoms with van der Waals surface area (Å²) in [4.78, 5) is 23.7. The smallest absolute Gasteiger partial charge is 0.266 e. The average Bonchev–Trinajstić information content (AvgIpc) is 3.22. The summed E-state index contributed by atoms with van der Waals surface area (Å²) in [7, 11) is 0. The number of pyridine rings is 1. The Morgan fingerprint density at radius 1 is 1.22 bits per heavy atom. The molecule has 0 aliphatic carbocycles. The molecule has 1 aliphatic rings. The highest BCUT2D eigenvalue weighted by molar-refractivity contribution is 7.16. The molecule has 0 radical (unpaired) electrons. The van der Waals surface area contributed by atoms with Crippen molar-refractivity contribution in [3.05, 3.63) is 47.1 Å². The number of thiazole rings is 1. The minimum Gasteiger partial charge on any atom is -0.329 e. The van der Waals surface area contributed by atoms with E-state index in [4.69, 9.17) is 0 Å². The molecule has 0 unspecified atom stereocenters. The van der Waals surface area contributed by atoms with E-state index in [0.29, 0.717) is 18.0 Å². The molecule has 3 aromatic rings. The van der Waals surface area contributed by atoms with Crippen LogP contribution in [0.5, 0.6) is 0 Å². The van der Waals surface area contributed by atoms with E-state index in [9.17, 15) is 4.79 Å². The Balaban J connectivity index is 1.55. The Morgan fingerprint density at radius 2 is 2.13 bits per heavy atom. The molecule has 0 fully saturated rings. The molecule has 1 aliphatic heterocycles. The lowest BCUT2D eigenvalue weighted by molar-refractivity contribution is 0.0711. The van der Waals surface area contributed by atoms with Gasteiger partial charge in [0.1, 0.15) is 15.7 Å². The number of carbonyl (C=O) groups excluding carboxylic acids is 1. The van der Waals surface area contributed by atoms with Crippen LogP contribution in [0.2, 0.25) is 0 Å². The van der Waals surface area contributed by atoms with Gasteiger partial charge in [-0.15, -0.1) is 21.5 Å². The Morgan fingerprint density at radius 3 is 2.96 bits per heavy atom. The van der Waals surface area contributed by atoms with Crippen molar-refractivity contribution in [1.29, 1.82) is 0 Å². The minimum atomic E-state index is -0.0171. The van der Waals surface area contributed by atoms with E-state index in [-0.39, 0.29) is 5.91 Å². The van der Waals surface area contributed by atoms with Crippen LogP contribution in [0.3, 0.4) is 0 Å². The SMILES string of the molecule is Cc1nnc2n1CCN(C(=O)c1cnc(-c3ccccn3)s1)C2. The normalized spacial score (nSPS) is 13.9. The monoisotopic (exact) mass is 326 g/mol. The second-order valence-corrected chi connectivity index (χ2v) is 6.32. The Bertz CT molecular complexity index is 856. The van der Waals surface area contributed by atoms with Crippen molar-refractivity contribution in [2.45, 2.75) is 20.0 Å². The van der Waals surface area contributed by atoms with E-state index in [2.05, 4.69) is 24.7 Å². The summed E-state index contributed by atoms with van der Waals surface area (Å²) in [6, 6.07) is 5.65. The molecule has 3 aromatic heterocycles. The van der Waals surface area contributed by atoms with Gasteiger partial charge in [-0.25, -0.2) is 4.98 Å². The first-order valence-electron chi connectivity index (χ1n) is 7.27. The standard InChI is InChI=1S/C15H14N6OS/c1-10-18-19-13-9-20(6-7-21(10)13)15(22)12-8-17-14(23-12)11-4-2-3-5-16-11/h2-5,8H,6-7,9H2,1H3. The fourth-order valence-electron chi connectivity index (χ4n) is 2.61. The summed E-state index contributed by atoms with van der Waals surface area (Å²) in [6.45, 7) is 3.79. The molecule has 0 saturated heterocycles. The molecule has 4 heterocycles. The predicted octanol–water partition coefficient (Wildman–Crippen LogP) is 1.76. The number of hydrogen-bond acceptors (Lipinski definition) is 6. The van der Waals surface area contributed by atoms with Crippen LogP contribution < -0.4 is 0 Å². The number of hydrogen-bond donors (Lipinski definition) is 0. The van der Waals surface area contributed by atoms with Crippen molar-refractivity contribution in [3.63, 3.8) is 0 Å². The maximum atomic E-state index is 12.7. The fourth-order valence-corrected chi connectivity index (χ4v) is 3.47. The van der Waals surface area contributed by atoms with Gasteiger partial charge in [0.2, 0.25) is 0 Å². The van der Waals surface area contributed by atoms with Crippen molar-refractivity contribution in [1.82, 2.24) is 29.6 Å². The zero-order chi connectivity index (χ0) is 15.8. The first-order chi connectivity index (χ1) is 11.2. The third-order valence-corrected chi connectivity index (χ3v) is 4.83. The lowest BCUT2D eigenvalue weighted by atomic mass is 10.3. The lowest BCUT2D eigenvalue weighted by Gasteiger charge is -2.27.